The van der Waals surface area contributed by atoms with Gasteiger partial charge in [-0.1, -0.05) is 205 Å². The summed E-state index contributed by atoms with van der Waals surface area (Å²) in [4.78, 5) is 0. The van der Waals surface area contributed by atoms with Crippen LogP contribution in [0.3, 0.4) is 0 Å². The SMILES string of the molecule is CCCCC=CC=CCCCCC(CCCCCCCCC)OCOCOC(CCCCC=CC=CCCCC)CCCCCCCCC. The minimum atomic E-state index is 0.298. The molecule has 49 heavy (non-hydrogen) atoms. The van der Waals surface area contributed by atoms with Crippen molar-refractivity contribution >= 4 is 0 Å². The zero-order valence-corrected chi connectivity index (χ0v) is 33.6. The molecular weight excluding hydrogens is 601 g/mol. The number of unbranched alkanes of at least 4 members (excludes halogenated alkanes) is 20. The van der Waals surface area contributed by atoms with E-state index in [0.29, 0.717) is 25.8 Å². The van der Waals surface area contributed by atoms with Crippen molar-refractivity contribution in [3.8, 4) is 0 Å². The van der Waals surface area contributed by atoms with E-state index in [4.69, 9.17) is 14.2 Å². The van der Waals surface area contributed by atoms with E-state index in [1.807, 2.05) is 0 Å². The lowest BCUT2D eigenvalue weighted by Gasteiger charge is -2.20. The zero-order valence-electron chi connectivity index (χ0n) is 33.6. The second-order valence-electron chi connectivity index (χ2n) is 14.4. The predicted octanol–water partition coefficient (Wildman–Crippen LogP) is 15.7. The van der Waals surface area contributed by atoms with Crippen LogP contribution in [0.4, 0.5) is 0 Å². The van der Waals surface area contributed by atoms with Gasteiger partial charge in [-0.3, -0.25) is 0 Å². The first-order valence-electron chi connectivity index (χ1n) is 21.7. The van der Waals surface area contributed by atoms with Gasteiger partial charge in [0.2, 0.25) is 0 Å². The molecule has 2 atom stereocenters. The van der Waals surface area contributed by atoms with Gasteiger partial charge in [0.1, 0.15) is 13.6 Å². The van der Waals surface area contributed by atoms with E-state index in [-0.39, 0.29) is 0 Å². The van der Waals surface area contributed by atoms with Gasteiger partial charge < -0.3 is 14.2 Å². The zero-order chi connectivity index (χ0) is 35.6. The maximum atomic E-state index is 6.32. The van der Waals surface area contributed by atoms with Crippen molar-refractivity contribution in [3.63, 3.8) is 0 Å². The molecule has 0 aromatic rings. The lowest BCUT2D eigenvalue weighted by molar-refractivity contribution is -0.168. The van der Waals surface area contributed by atoms with Crippen LogP contribution in [-0.4, -0.2) is 25.8 Å². The van der Waals surface area contributed by atoms with Crippen LogP contribution in [0.25, 0.3) is 0 Å². The quantitative estimate of drug-likeness (QED) is 0.0365. The molecule has 0 saturated heterocycles. The van der Waals surface area contributed by atoms with E-state index in [1.165, 1.54) is 154 Å². The lowest BCUT2D eigenvalue weighted by atomic mass is 10.0. The van der Waals surface area contributed by atoms with Crippen molar-refractivity contribution < 1.29 is 14.2 Å². The molecule has 0 aliphatic rings. The second kappa shape index (κ2) is 43.0. The van der Waals surface area contributed by atoms with Crippen LogP contribution in [0, 0.1) is 0 Å². The molecular formula is C46H86O3. The molecule has 0 radical (unpaired) electrons. The second-order valence-corrected chi connectivity index (χ2v) is 14.4. The molecule has 0 fully saturated rings. The maximum absolute atomic E-state index is 6.32. The minimum Gasteiger partial charge on any atom is -0.352 e. The smallest absolute Gasteiger partial charge is 0.149 e. The van der Waals surface area contributed by atoms with E-state index in [2.05, 4.69) is 76.3 Å². The molecule has 0 aliphatic carbocycles. The summed E-state index contributed by atoms with van der Waals surface area (Å²) in [5.41, 5.74) is 0. The van der Waals surface area contributed by atoms with Crippen LogP contribution >= 0.6 is 0 Å². The van der Waals surface area contributed by atoms with Gasteiger partial charge in [0.15, 0.2) is 0 Å². The first-order valence-corrected chi connectivity index (χ1v) is 21.7. The molecule has 3 nitrogen and oxygen atoms in total. The molecule has 3 heteroatoms. The molecule has 0 aliphatic heterocycles. The van der Waals surface area contributed by atoms with Crippen LogP contribution in [0.1, 0.15) is 220 Å². The Labute approximate surface area is 308 Å². The first-order chi connectivity index (χ1) is 24.3. The van der Waals surface area contributed by atoms with E-state index >= 15 is 0 Å². The molecule has 2 unspecified atom stereocenters. The largest absolute Gasteiger partial charge is 0.352 e. The summed E-state index contributed by atoms with van der Waals surface area (Å²) >= 11 is 0. The van der Waals surface area contributed by atoms with E-state index < -0.39 is 0 Å². The molecule has 0 amide bonds. The molecule has 0 N–H and O–H groups in total. The Balaban J connectivity index is 4.57. The number of hydrogen-bond acceptors (Lipinski definition) is 3. The van der Waals surface area contributed by atoms with Crippen molar-refractivity contribution in [2.75, 3.05) is 13.6 Å². The van der Waals surface area contributed by atoms with Crippen LogP contribution in [0.5, 0.6) is 0 Å². The average molecular weight is 687 g/mol. The molecule has 288 valence electrons. The number of rotatable bonds is 40. The molecule has 0 bridgehead atoms. The highest BCUT2D eigenvalue weighted by Gasteiger charge is 2.11. The van der Waals surface area contributed by atoms with Gasteiger partial charge >= 0.3 is 0 Å². The third kappa shape index (κ3) is 39.5. The Kier molecular flexibility index (Phi) is 42.0. The normalized spacial score (nSPS) is 13.6. The summed E-state index contributed by atoms with van der Waals surface area (Å²) in [5, 5.41) is 0. The van der Waals surface area contributed by atoms with E-state index in [1.54, 1.807) is 0 Å². The van der Waals surface area contributed by atoms with Gasteiger partial charge in [-0.15, -0.1) is 0 Å². The van der Waals surface area contributed by atoms with E-state index in [9.17, 15) is 0 Å². The van der Waals surface area contributed by atoms with Gasteiger partial charge in [0.25, 0.3) is 0 Å². The Morgan fingerprint density at radius 1 is 0.327 bits per heavy atom. The van der Waals surface area contributed by atoms with Gasteiger partial charge in [-0.25, -0.2) is 0 Å². The lowest BCUT2D eigenvalue weighted by Crippen LogP contribution is -2.19. The summed E-state index contributed by atoms with van der Waals surface area (Å²) in [7, 11) is 0. The number of hydrogen-bond donors (Lipinski definition) is 0. The number of allylic oxidation sites excluding steroid dienone is 8. The Bertz CT molecular complexity index is 664. The summed E-state index contributed by atoms with van der Waals surface area (Å²) in [6.45, 7) is 9.79. The van der Waals surface area contributed by atoms with Gasteiger partial charge in [-0.2, -0.15) is 0 Å². The van der Waals surface area contributed by atoms with Crippen LogP contribution in [-0.2, 0) is 14.2 Å². The monoisotopic (exact) mass is 687 g/mol. The highest BCUT2D eigenvalue weighted by Crippen LogP contribution is 2.18. The Hall–Kier alpha value is -1.16. The first kappa shape index (κ1) is 47.8. The number of ether oxygens (including phenoxy) is 3. The van der Waals surface area contributed by atoms with Gasteiger partial charge in [0, 0.05) is 0 Å². The standard InChI is InChI=1S/C46H86O3/c1-5-9-13-17-21-23-25-29-33-37-41-45(39-35-31-27-19-15-11-7-3)48-43-47-44-49-46(40-36-32-28-20-16-12-8-4)42-38-34-30-26-24-22-18-14-10-6-2/h17-18,21-26,45-46H,5-16,19-20,27-44H2,1-4H3. The predicted molar refractivity (Wildman–Crippen MR) is 218 cm³/mol. The third-order valence-electron chi connectivity index (χ3n) is 9.54. The molecule has 0 spiro atoms. The van der Waals surface area contributed by atoms with Gasteiger partial charge in [-0.05, 0) is 64.2 Å². The average Bonchev–Trinajstić information content (AvgIpc) is 3.11. The summed E-state index contributed by atoms with van der Waals surface area (Å²) in [6, 6.07) is 0. The molecule has 0 aromatic heterocycles. The van der Waals surface area contributed by atoms with Crippen molar-refractivity contribution in [1.82, 2.24) is 0 Å². The van der Waals surface area contributed by atoms with Crippen molar-refractivity contribution in [3.05, 3.63) is 48.6 Å². The molecule has 0 aromatic carbocycles. The van der Waals surface area contributed by atoms with Crippen LogP contribution in [0.2, 0.25) is 0 Å². The maximum Gasteiger partial charge on any atom is 0.149 e. The van der Waals surface area contributed by atoms with Crippen LogP contribution < -0.4 is 0 Å². The highest BCUT2D eigenvalue weighted by atomic mass is 16.7. The highest BCUT2D eigenvalue weighted by molar-refractivity contribution is 5.02. The fourth-order valence-electron chi connectivity index (χ4n) is 6.21. The van der Waals surface area contributed by atoms with Crippen molar-refractivity contribution in [2.45, 2.75) is 233 Å². The Morgan fingerprint density at radius 3 is 0.959 bits per heavy atom. The Morgan fingerprint density at radius 2 is 0.612 bits per heavy atom. The molecule has 0 rings (SSSR count). The minimum absolute atomic E-state index is 0.298. The van der Waals surface area contributed by atoms with Crippen molar-refractivity contribution in [2.24, 2.45) is 0 Å². The summed E-state index contributed by atoms with van der Waals surface area (Å²) < 4.78 is 18.6. The van der Waals surface area contributed by atoms with Crippen LogP contribution in [0.15, 0.2) is 48.6 Å². The van der Waals surface area contributed by atoms with Crippen molar-refractivity contribution in [1.29, 1.82) is 0 Å². The van der Waals surface area contributed by atoms with Gasteiger partial charge in [0.05, 0.1) is 12.2 Å². The third-order valence-corrected chi connectivity index (χ3v) is 9.54. The topological polar surface area (TPSA) is 27.7 Å². The molecule has 0 heterocycles. The molecule has 0 saturated carbocycles. The van der Waals surface area contributed by atoms with E-state index in [0.717, 1.165) is 38.5 Å². The summed E-state index contributed by atoms with van der Waals surface area (Å²) in [6.07, 6.45) is 56.8. The summed E-state index contributed by atoms with van der Waals surface area (Å²) in [5.74, 6) is 0. The fraction of sp³-hybridized carbons (Fsp3) is 0.826. The fourth-order valence-corrected chi connectivity index (χ4v) is 6.21.